The molecule has 1 unspecified atom stereocenters. The van der Waals surface area contributed by atoms with E-state index in [1.54, 1.807) is 0 Å². The number of benzene rings is 2. The summed E-state index contributed by atoms with van der Waals surface area (Å²) in [5, 5.41) is 0. The van der Waals surface area contributed by atoms with E-state index >= 15 is 0 Å². The quantitative estimate of drug-likeness (QED) is 0.840. The molecule has 0 N–H and O–H groups in total. The van der Waals surface area contributed by atoms with Gasteiger partial charge >= 0.3 is 0 Å². The Morgan fingerprint density at radius 1 is 0.833 bits per heavy atom. The molecule has 0 spiro atoms. The molecule has 2 aliphatic rings. The van der Waals surface area contributed by atoms with E-state index in [1.165, 1.54) is 43.5 Å². The molecular weight excluding hydrogens is 298 g/mol. The number of fused-ring (bicyclic) bond motifs is 1. The Balaban J connectivity index is 1.59. The number of likely N-dealkylation sites (tertiary alicyclic amines) is 1. The van der Waals surface area contributed by atoms with Crippen LogP contribution in [0.1, 0.15) is 36.4 Å². The van der Waals surface area contributed by atoms with Gasteiger partial charge in [-0.05, 0) is 55.6 Å². The van der Waals surface area contributed by atoms with Gasteiger partial charge in [0.25, 0.3) is 0 Å². The van der Waals surface area contributed by atoms with Crippen LogP contribution in [0, 0.1) is 0 Å². The van der Waals surface area contributed by atoms with Crippen LogP contribution in [-0.2, 0) is 6.42 Å². The normalized spacial score (nSPS) is 19.0. The van der Waals surface area contributed by atoms with Gasteiger partial charge in [0, 0.05) is 6.04 Å². The Kier molecular flexibility index (Phi) is 4.70. The third kappa shape index (κ3) is 3.41. The molecule has 0 amide bonds. The highest BCUT2D eigenvalue weighted by Gasteiger charge is 2.23. The summed E-state index contributed by atoms with van der Waals surface area (Å²) in [5.74, 6) is 1.77. The molecule has 24 heavy (non-hydrogen) atoms. The zero-order chi connectivity index (χ0) is 16.2. The summed E-state index contributed by atoms with van der Waals surface area (Å²) in [7, 11) is 0. The van der Waals surface area contributed by atoms with Crippen LogP contribution in [-0.4, -0.2) is 31.2 Å². The van der Waals surface area contributed by atoms with E-state index in [0.29, 0.717) is 19.3 Å². The van der Waals surface area contributed by atoms with Crippen LogP contribution < -0.4 is 9.47 Å². The van der Waals surface area contributed by atoms with Crippen molar-refractivity contribution in [3.63, 3.8) is 0 Å². The molecule has 2 aromatic carbocycles. The van der Waals surface area contributed by atoms with E-state index in [4.69, 9.17) is 9.47 Å². The Morgan fingerprint density at radius 2 is 1.58 bits per heavy atom. The van der Waals surface area contributed by atoms with Gasteiger partial charge in [-0.25, -0.2) is 0 Å². The molecule has 2 aliphatic heterocycles. The van der Waals surface area contributed by atoms with Crippen LogP contribution in [0.4, 0.5) is 0 Å². The van der Waals surface area contributed by atoms with Crippen molar-refractivity contribution in [1.29, 1.82) is 0 Å². The lowest BCUT2D eigenvalue weighted by Crippen LogP contribution is -2.34. The number of hydrogen-bond donors (Lipinski definition) is 0. The van der Waals surface area contributed by atoms with E-state index in [9.17, 15) is 0 Å². The molecule has 0 aromatic heterocycles. The topological polar surface area (TPSA) is 21.7 Å². The highest BCUT2D eigenvalue weighted by molar-refractivity contribution is 5.44. The number of nitrogens with zero attached hydrogens (tertiary/aromatic N) is 1. The van der Waals surface area contributed by atoms with Gasteiger partial charge in [-0.15, -0.1) is 0 Å². The van der Waals surface area contributed by atoms with Gasteiger partial charge in [-0.1, -0.05) is 42.8 Å². The second-order valence-corrected chi connectivity index (χ2v) is 6.71. The highest BCUT2D eigenvalue weighted by atomic mass is 16.6. The molecule has 1 fully saturated rings. The lowest BCUT2D eigenvalue weighted by atomic mass is 9.95. The summed E-state index contributed by atoms with van der Waals surface area (Å²) in [6, 6.07) is 17.8. The van der Waals surface area contributed by atoms with Gasteiger partial charge in [0.05, 0.1) is 0 Å². The van der Waals surface area contributed by atoms with Gasteiger partial charge in [0.1, 0.15) is 13.2 Å². The fraction of sp³-hybridized carbons (Fsp3) is 0.429. The number of ether oxygens (including phenoxy) is 2. The lowest BCUT2D eigenvalue weighted by Gasteiger charge is -2.35. The minimum Gasteiger partial charge on any atom is -0.486 e. The first kappa shape index (κ1) is 15.5. The molecule has 4 rings (SSSR count). The van der Waals surface area contributed by atoms with Crippen LogP contribution in [0.2, 0.25) is 0 Å². The lowest BCUT2D eigenvalue weighted by molar-refractivity contribution is 0.161. The zero-order valence-electron chi connectivity index (χ0n) is 14.1. The van der Waals surface area contributed by atoms with E-state index < -0.39 is 0 Å². The fourth-order valence-electron chi connectivity index (χ4n) is 3.80. The van der Waals surface area contributed by atoms with Gasteiger partial charge < -0.3 is 9.47 Å². The Hall–Kier alpha value is -2.00. The molecule has 126 valence electrons. The van der Waals surface area contributed by atoms with Gasteiger partial charge in [-0.3, -0.25) is 4.90 Å². The van der Waals surface area contributed by atoms with Gasteiger partial charge in [0.15, 0.2) is 11.5 Å². The molecule has 0 bridgehead atoms. The summed E-state index contributed by atoms with van der Waals surface area (Å²) < 4.78 is 11.4. The number of hydrogen-bond acceptors (Lipinski definition) is 3. The standard InChI is InChI=1S/C21H25NO2/c1-3-7-18(8-4-1)19(22-11-5-2-6-12-22)15-17-9-10-20-21(16-17)24-14-13-23-20/h1,3-4,7-10,16,19H,2,5-6,11-15H2. The maximum absolute atomic E-state index is 5.76. The van der Waals surface area contributed by atoms with Gasteiger partial charge in [0.2, 0.25) is 0 Å². The number of rotatable bonds is 4. The van der Waals surface area contributed by atoms with Crippen LogP contribution >= 0.6 is 0 Å². The minimum atomic E-state index is 0.439. The summed E-state index contributed by atoms with van der Waals surface area (Å²) >= 11 is 0. The molecule has 0 aliphatic carbocycles. The molecule has 2 heterocycles. The first-order valence-corrected chi connectivity index (χ1v) is 9.08. The molecule has 3 heteroatoms. The molecule has 2 aromatic rings. The highest BCUT2D eigenvalue weighted by Crippen LogP contribution is 2.34. The first-order chi connectivity index (χ1) is 11.9. The molecule has 0 radical (unpaired) electrons. The van der Waals surface area contributed by atoms with Crippen molar-refractivity contribution in [2.45, 2.75) is 31.7 Å². The third-order valence-corrected chi connectivity index (χ3v) is 5.05. The van der Waals surface area contributed by atoms with Crippen LogP contribution in [0.15, 0.2) is 48.5 Å². The van der Waals surface area contributed by atoms with E-state index in [1.807, 2.05) is 0 Å². The summed E-state index contributed by atoms with van der Waals surface area (Å²) in [6.45, 7) is 3.69. The second-order valence-electron chi connectivity index (χ2n) is 6.71. The first-order valence-electron chi connectivity index (χ1n) is 9.08. The summed E-state index contributed by atoms with van der Waals surface area (Å²) in [6.07, 6.45) is 5.00. The maximum atomic E-state index is 5.76. The molecule has 0 saturated carbocycles. The van der Waals surface area contributed by atoms with Crippen LogP contribution in [0.3, 0.4) is 0 Å². The fourth-order valence-corrected chi connectivity index (χ4v) is 3.80. The minimum absolute atomic E-state index is 0.439. The molecule has 1 atom stereocenters. The Bertz CT molecular complexity index is 665. The zero-order valence-corrected chi connectivity index (χ0v) is 14.1. The average Bonchev–Trinajstić information content (AvgIpc) is 2.67. The van der Waals surface area contributed by atoms with Crippen molar-refractivity contribution >= 4 is 0 Å². The predicted molar refractivity (Wildman–Crippen MR) is 95.7 cm³/mol. The SMILES string of the molecule is c1ccc(C(Cc2ccc3c(c2)OCCO3)N2CCCCC2)cc1. The van der Waals surface area contributed by atoms with E-state index in [-0.39, 0.29) is 0 Å². The van der Waals surface area contributed by atoms with Crippen molar-refractivity contribution in [3.8, 4) is 11.5 Å². The largest absolute Gasteiger partial charge is 0.486 e. The monoisotopic (exact) mass is 323 g/mol. The van der Waals surface area contributed by atoms with Crippen molar-refractivity contribution in [3.05, 3.63) is 59.7 Å². The molecule has 1 saturated heterocycles. The van der Waals surface area contributed by atoms with E-state index in [0.717, 1.165) is 17.9 Å². The summed E-state index contributed by atoms with van der Waals surface area (Å²) in [5.41, 5.74) is 2.73. The third-order valence-electron chi connectivity index (χ3n) is 5.05. The Morgan fingerprint density at radius 3 is 2.38 bits per heavy atom. The van der Waals surface area contributed by atoms with Crippen molar-refractivity contribution in [2.24, 2.45) is 0 Å². The van der Waals surface area contributed by atoms with Crippen molar-refractivity contribution in [2.75, 3.05) is 26.3 Å². The van der Waals surface area contributed by atoms with Crippen LogP contribution in [0.25, 0.3) is 0 Å². The Labute approximate surface area is 144 Å². The van der Waals surface area contributed by atoms with Crippen molar-refractivity contribution < 1.29 is 9.47 Å². The van der Waals surface area contributed by atoms with E-state index in [2.05, 4.69) is 53.4 Å². The second kappa shape index (κ2) is 7.27. The maximum Gasteiger partial charge on any atom is 0.161 e. The molecular formula is C21H25NO2. The van der Waals surface area contributed by atoms with Crippen molar-refractivity contribution in [1.82, 2.24) is 4.90 Å². The predicted octanol–water partition coefficient (Wildman–Crippen LogP) is 4.23. The smallest absolute Gasteiger partial charge is 0.161 e. The average molecular weight is 323 g/mol. The van der Waals surface area contributed by atoms with Crippen LogP contribution in [0.5, 0.6) is 11.5 Å². The number of piperidine rings is 1. The van der Waals surface area contributed by atoms with Gasteiger partial charge in [-0.2, -0.15) is 0 Å². The summed E-state index contributed by atoms with van der Waals surface area (Å²) in [4.78, 5) is 2.65. The molecule has 3 nitrogen and oxygen atoms in total.